The van der Waals surface area contributed by atoms with Gasteiger partial charge in [0.15, 0.2) is 11.5 Å². The predicted octanol–water partition coefficient (Wildman–Crippen LogP) is 3.11. The van der Waals surface area contributed by atoms with Gasteiger partial charge in [0.1, 0.15) is 0 Å². The predicted molar refractivity (Wildman–Crippen MR) is 150 cm³/mol. The van der Waals surface area contributed by atoms with Gasteiger partial charge in [0, 0.05) is 35.7 Å². The number of aliphatic hydroxyl groups excluding tert-OH is 1. The average Bonchev–Trinajstić information content (AvgIpc) is 3.23. The van der Waals surface area contributed by atoms with E-state index in [9.17, 15) is 14.7 Å². The van der Waals surface area contributed by atoms with Crippen molar-refractivity contribution in [1.82, 2.24) is 25.5 Å². The van der Waals surface area contributed by atoms with Crippen LogP contribution in [0.5, 0.6) is 0 Å². The van der Waals surface area contributed by atoms with Gasteiger partial charge >= 0.3 is 0 Å². The number of nitrogen functional groups attached to an aromatic ring is 1. The first-order valence-corrected chi connectivity index (χ1v) is 13.5. The minimum absolute atomic E-state index is 0.00146. The number of aliphatic hydroxyl groups is 1. The number of anilines is 1. The van der Waals surface area contributed by atoms with Gasteiger partial charge < -0.3 is 21.5 Å². The normalized spacial score (nSPS) is 21.3. The molecule has 3 atom stereocenters. The van der Waals surface area contributed by atoms with E-state index in [-0.39, 0.29) is 34.9 Å². The van der Waals surface area contributed by atoms with Crippen molar-refractivity contribution in [1.29, 1.82) is 0 Å². The van der Waals surface area contributed by atoms with Crippen molar-refractivity contribution in [3.63, 3.8) is 0 Å². The molecule has 1 aromatic heterocycles. The van der Waals surface area contributed by atoms with Crippen molar-refractivity contribution in [2.24, 2.45) is 0 Å². The number of amides is 2. The van der Waals surface area contributed by atoms with Crippen LogP contribution in [0.4, 0.5) is 5.82 Å². The van der Waals surface area contributed by atoms with E-state index in [2.05, 4.69) is 46.3 Å². The fourth-order valence-corrected chi connectivity index (χ4v) is 5.45. The second-order valence-electron chi connectivity index (χ2n) is 11.4. The van der Waals surface area contributed by atoms with E-state index >= 15 is 0 Å². The summed E-state index contributed by atoms with van der Waals surface area (Å²) in [5, 5.41) is 16.6. The second-order valence-corrected chi connectivity index (χ2v) is 11.4. The van der Waals surface area contributed by atoms with Crippen LogP contribution in [0.2, 0.25) is 0 Å². The Morgan fingerprint density at radius 1 is 1.08 bits per heavy atom. The highest BCUT2D eigenvalue weighted by molar-refractivity contribution is 5.98. The molecule has 1 aliphatic carbocycles. The second kappa shape index (κ2) is 10.7. The van der Waals surface area contributed by atoms with Gasteiger partial charge in [0.2, 0.25) is 0 Å². The van der Waals surface area contributed by atoms with Crippen LogP contribution in [-0.4, -0.2) is 62.6 Å². The van der Waals surface area contributed by atoms with Gasteiger partial charge in [-0.25, -0.2) is 9.97 Å². The van der Waals surface area contributed by atoms with Gasteiger partial charge in [0.05, 0.1) is 24.0 Å². The van der Waals surface area contributed by atoms with Crippen LogP contribution < -0.4 is 16.4 Å². The quantitative estimate of drug-likeness (QED) is 0.400. The van der Waals surface area contributed by atoms with E-state index in [4.69, 9.17) is 5.73 Å². The van der Waals surface area contributed by atoms with Crippen molar-refractivity contribution in [2.45, 2.75) is 63.8 Å². The molecule has 1 fully saturated rings. The van der Waals surface area contributed by atoms with E-state index in [1.54, 1.807) is 24.3 Å². The molecule has 0 saturated carbocycles. The van der Waals surface area contributed by atoms with Gasteiger partial charge in [-0.1, -0.05) is 36.4 Å². The number of likely N-dealkylation sites (tertiary alicyclic amines) is 1. The Hall–Kier alpha value is -3.82. The minimum atomic E-state index is -0.682. The molecule has 0 bridgehead atoms. The molecule has 1 aliphatic heterocycles. The third-order valence-electron chi connectivity index (χ3n) is 7.63. The lowest BCUT2D eigenvalue weighted by atomic mass is 9.98. The number of hydrogen-bond acceptors (Lipinski definition) is 7. The molecule has 2 aromatic carbocycles. The number of rotatable bonds is 5. The number of piperidine rings is 1. The monoisotopic (exact) mass is 528 g/mol. The summed E-state index contributed by atoms with van der Waals surface area (Å²) in [5.74, 6) is -0.604. The van der Waals surface area contributed by atoms with Gasteiger partial charge in [-0.3, -0.25) is 14.5 Å². The zero-order valence-corrected chi connectivity index (χ0v) is 22.6. The number of aromatic nitrogens is 2. The lowest BCUT2D eigenvalue weighted by molar-refractivity contribution is 0.0760. The summed E-state index contributed by atoms with van der Waals surface area (Å²) < 4.78 is 0. The molecule has 39 heavy (non-hydrogen) atoms. The maximum absolute atomic E-state index is 13.2. The van der Waals surface area contributed by atoms with Gasteiger partial charge in [0.25, 0.3) is 11.8 Å². The molecule has 0 radical (unpaired) electrons. The molecule has 5 N–H and O–H groups in total. The molecule has 2 amide bonds. The summed E-state index contributed by atoms with van der Waals surface area (Å²) in [7, 11) is 0. The van der Waals surface area contributed by atoms with Crippen LogP contribution in [0.25, 0.3) is 11.3 Å². The Morgan fingerprint density at radius 2 is 1.87 bits per heavy atom. The van der Waals surface area contributed by atoms with Crippen molar-refractivity contribution in [3.8, 4) is 11.3 Å². The van der Waals surface area contributed by atoms with Crippen LogP contribution in [0.15, 0.2) is 54.7 Å². The first-order valence-electron chi connectivity index (χ1n) is 13.5. The Labute approximate surface area is 228 Å². The molecule has 5 rings (SSSR count). The molecular weight excluding hydrogens is 492 g/mol. The summed E-state index contributed by atoms with van der Waals surface area (Å²) in [4.78, 5) is 37.4. The summed E-state index contributed by atoms with van der Waals surface area (Å²) in [6, 6.07) is 14.2. The molecule has 2 heterocycles. The van der Waals surface area contributed by atoms with Crippen LogP contribution in [0, 0.1) is 0 Å². The zero-order valence-electron chi connectivity index (χ0n) is 22.6. The lowest BCUT2D eigenvalue weighted by Gasteiger charge is -2.41. The largest absolute Gasteiger partial charge is 0.390 e. The molecule has 204 valence electrons. The average molecular weight is 529 g/mol. The summed E-state index contributed by atoms with van der Waals surface area (Å²) in [6.45, 7) is 8.29. The van der Waals surface area contributed by atoms with E-state index in [1.165, 1.54) is 6.20 Å². The van der Waals surface area contributed by atoms with E-state index < -0.39 is 12.1 Å². The molecule has 2 aliphatic rings. The smallest absolute Gasteiger partial charge is 0.274 e. The zero-order chi connectivity index (χ0) is 27.7. The van der Waals surface area contributed by atoms with Crippen molar-refractivity contribution in [2.75, 3.05) is 18.8 Å². The van der Waals surface area contributed by atoms with Crippen molar-refractivity contribution in [3.05, 3.63) is 77.1 Å². The number of nitrogens with zero attached hydrogens (tertiary/aromatic N) is 3. The van der Waals surface area contributed by atoms with Crippen LogP contribution in [0.1, 0.15) is 71.6 Å². The number of hydrogen-bond donors (Lipinski definition) is 4. The molecule has 9 heteroatoms. The van der Waals surface area contributed by atoms with Crippen LogP contribution in [0.3, 0.4) is 0 Å². The minimum Gasteiger partial charge on any atom is -0.390 e. The molecule has 1 saturated heterocycles. The number of nitrogens with two attached hydrogens (primary N) is 1. The van der Waals surface area contributed by atoms with E-state index in [0.29, 0.717) is 23.2 Å². The summed E-state index contributed by atoms with van der Waals surface area (Å²) in [5.41, 5.74) is 9.61. The number of nitrogens with one attached hydrogen (secondary N) is 2. The van der Waals surface area contributed by atoms with Gasteiger partial charge in [-0.2, -0.15) is 0 Å². The van der Waals surface area contributed by atoms with Crippen LogP contribution >= 0.6 is 0 Å². The number of carbonyl (C=O) groups is 2. The Bertz CT molecular complexity index is 1390. The van der Waals surface area contributed by atoms with Crippen LogP contribution in [-0.2, 0) is 6.42 Å². The molecule has 9 nitrogen and oxygen atoms in total. The highest BCUT2D eigenvalue weighted by atomic mass is 16.3. The fraction of sp³-hybridized carbons (Fsp3) is 0.400. The standard InChI is InChI=1S/C30H36N6O3/c1-30(2,3)36-13-7-11-21(17-36)33-29(39)26-27(31)32-16-23(34-26)19-9-6-10-20(14-19)28(38)35-25-22-12-5-4-8-18(22)15-24(25)37/h4-6,8-10,12,14,16,21,24-25,37H,7,11,13,15,17H2,1-3H3,(H2,31,32)(H,33,39)(H,35,38)/t21-,24-,25+/m0/s1. The Kier molecular flexibility index (Phi) is 7.38. The molecular formula is C30H36N6O3. The third kappa shape index (κ3) is 5.79. The summed E-state index contributed by atoms with van der Waals surface area (Å²) >= 11 is 0. The highest BCUT2D eigenvalue weighted by Crippen LogP contribution is 2.31. The third-order valence-corrected chi connectivity index (χ3v) is 7.63. The SMILES string of the molecule is CC(C)(C)N1CCC[C@H](NC(=O)c2nc(-c3cccc(C(=O)N[C@@H]4c5ccccc5C[C@@H]4O)c3)cnc2N)C1. The van der Waals surface area contributed by atoms with Gasteiger partial charge in [-0.05, 0) is 63.4 Å². The first kappa shape index (κ1) is 26.8. The topological polar surface area (TPSA) is 133 Å². The van der Waals surface area contributed by atoms with Crippen molar-refractivity contribution < 1.29 is 14.7 Å². The lowest BCUT2D eigenvalue weighted by Crippen LogP contribution is -2.53. The van der Waals surface area contributed by atoms with E-state index in [1.807, 2.05) is 24.3 Å². The number of benzene rings is 2. The molecule has 0 unspecified atom stereocenters. The number of carbonyl (C=O) groups excluding carboxylic acids is 2. The Morgan fingerprint density at radius 3 is 2.67 bits per heavy atom. The first-order chi connectivity index (χ1) is 18.6. The van der Waals surface area contributed by atoms with E-state index in [0.717, 1.165) is 37.1 Å². The number of fused-ring (bicyclic) bond motifs is 1. The maximum atomic E-state index is 13.2. The van der Waals surface area contributed by atoms with Gasteiger partial charge in [-0.15, -0.1) is 0 Å². The Balaban J connectivity index is 1.32. The highest BCUT2D eigenvalue weighted by Gasteiger charge is 2.32. The fourth-order valence-electron chi connectivity index (χ4n) is 5.45. The van der Waals surface area contributed by atoms with Crippen molar-refractivity contribution >= 4 is 17.6 Å². The summed E-state index contributed by atoms with van der Waals surface area (Å²) in [6.07, 6.45) is 3.22. The maximum Gasteiger partial charge on any atom is 0.274 e. The molecule has 3 aromatic rings. The molecule has 0 spiro atoms.